The second-order valence-electron chi connectivity index (χ2n) is 6.65. The van der Waals surface area contributed by atoms with Gasteiger partial charge in [0, 0.05) is 12.2 Å². The van der Waals surface area contributed by atoms with Gasteiger partial charge in [-0.3, -0.25) is 9.59 Å². The number of hydrogen-bond donors (Lipinski definition) is 1. The Balaban J connectivity index is 1.90. The van der Waals surface area contributed by atoms with Gasteiger partial charge in [-0.2, -0.15) is 0 Å². The quantitative estimate of drug-likeness (QED) is 0.675. The zero-order valence-electron chi connectivity index (χ0n) is 16.1. The molecule has 3 rings (SSSR count). The van der Waals surface area contributed by atoms with Crippen molar-refractivity contribution in [3.63, 3.8) is 0 Å². The fraction of sp³-hybridized carbons (Fsp3) is 0.217. The van der Waals surface area contributed by atoms with Crippen LogP contribution in [0.2, 0.25) is 0 Å². The summed E-state index contributed by atoms with van der Waals surface area (Å²) in [6.45, 7) is 4.92. The van der Waals surface area contributed by atoms with Crippen LogP contribution in [0, 0.1) is 6.92 Å². The molecule has 1 N–H and O–H groups in total. The van der Waals surface area contributed by atoms with Crippen molar-refractivity contribution in [1.82, 2.24) is 5.32 Å². The zero-order valence-corrected chi connectivity index (χ0v) is 16.1. The van der Waals surface area contributed by atoms with Gasteiger partial charge in [0.15, 0.2) is 5.76 Å². The van der Waals surface area contributed by atoms with Crippen LogP contribution in [-0.2, 0) is 17.8 Å². The number of carbonyl (C=O) groups is 2. The van der Waals surface area contributed by atoms with E-state index in [0.717, 1.165) is 22.4 Å². The molecule has 5 nitrogen and oxygen atoms in total. The van der Waals surface area contributed by atoms with Crippen LogP contribution in [0.1, 0.15) is 34.2 Å². The Morgan fingerprint density at radius 2 is 1.79 bits per heavy atom. The maximum atomic E-state index is 13.1. The normalized spacial score (nSPS) is 10.5. The van der Waals surface area contributed by atoms with Gasteiger partial charge in [-0.05, 0) is 49.2 Å². The van der Waals surface area contributed by atoms with E-state index in [1.165, 1.54) is 6.26 Å². The molecule has 0 aliphatic heterocycles. The average Bonchev–Trinajstić information content (AvgIpc) is 3.22. The number of likely N-dealkylation sites (N-methyl/N-ethyl adjacent to an activating group) is 1. The van der Waals surface area contributed by atoms with E-state index in [2.05, 4.69) is 5.32 Å². The number of amides is 2. The van der Waals surface area contributed by atoms with Crippen LogP contribution in [0.15, 0.2) is 71.3 Å². The van der Waals surface area contributed by atoms with Crippen molar-refractivity contribution < 1.29 is 14.0 Å². The van der Waals surface area contributed by atoms with Gasteiger partial charge in [-0.1, -0.05) is 42.0 Å². The molecular formula is C23H24N2O3. The lowest BCUT2D eigenvalue weighted by Crippen LogP contribution is -2.30. The number of rotatable bonds is 7. The third-order valence-electron chi connectivity index (χ3n) is 4.40. The fourth-order valence-corrected chi connectivity index (χ4v) is 2.97. The molecule has 1 heterocycles. The average molecular weight is 376 g/mol. The van der Waals surface area contributed by atoms with Gasteiger partial charge >= 0.3 is 0 Å². The lowest BCUT2D eigenvalue weighted by Gasteiger charge is -2.23. The lowest BCUT2D eigenvalue weighted by atomic mass is 10.1. The minimum Gasteiger partial charge on any atom is -0.459 e. The number of furan rings is 1. The number of nitrogens with one attached hydrogen (secondary N) is 1. The Morgan fingerprint density at radius 1 is 1.00 bits per heavy atom. The minimum atomic E-state index is -0.222. The largest absolute Gasteiger partial charge is 0.459 e. The van der Waals surface area contributed by atoms with Crippen LogP contribution in [-0.4, -0.2) is 18.4 Å². The maximum absolute atomic E-state index is 13.1. The highest BCUT2D eigenvalue weighted by molar-refractivity contribution is 6.04. The molecule has 0 saturated carbocycles. The number of carbonyl (C=O) groups excluding carboxylic acids is 2. The third kappa shape index (κ3) is 4.88. The van der Waals surface area contributed by atoms with E-state index in [1.54, 1.807) is 17.0 Å². The van der Waals surface area contributed by atoms with Crippen molar-refractivity contribution in [1.29, 1.82) is 0 Å². The molecule has 3 aromatic rings. The smallest absolute Gasteiger partial charge is 0.294 e. The van der Waals surface area contributed by atoms with Crippen molar-refractivity contribution in [2.24, 2.45) is 0 Å². The number of aryl methyl sites for hydroxylation is 1. The highest BCUT2D eigenvalue weighted by atomic mass is 16.3. The molecule has 0 saturated heterocycles. The Kier molecular flexibility index (Phi) is 6.27. The second-order valence-corrected chi connectivity index (χ2v) is 6.65. The first-order valence-corrected chi connectivity index (χ1v) is 9.33. The van der Waals surface area contributed by atoms with Gasteiger partial charge in [0.25, 0.3) is 5.91 Å². The monoisotopic (exact) mass is 376 g/mol. The van der Waals surface area contributed by atoms with Gasteiger partial charge in [0.2, 0.25) is 5.91 Å². The van der Waals surface area contributed by atoms with E-state index in [9.17, 15) is 9.59 Å². The Morgan fingerprint density at radius 3 is 2.46 bits per heavy atom. The topological polar surface area (TPSA) is 62.6 Å². The van der Waals surface area contributed by atoms with Crippen LogP contribution in [0.5, 0.6) is 0 Å². The molecule has 2 amide bonds. The van der Waals surface area contributed by atoms with E-state index in [4.69, 9.17) is 4.42 Å². The Bertz CT molecular complexity index is 931. The first-order valence-electron chi connectivity index (χ1n) is 9.33. The molecule has 0 unspecified atom stereocenters. The SMILES string of the molecule is CCNC(=O)Cc1cccc(N(Cc2ccc(C)cc2)C(=O)c2ccco2)c1. The predicted molar refractivity (Wildman–Crippen MR) is 109 cm³/mol. The van der Waals surface area contributed by atoms with E-state index < -0.39 is 0 Å². The molecule has 0 atom stereocenters. The van der Waals surface area contributed by atoms with Crippen molar-refractivity contribution in [3.05, 3.63) is 89.4 Å². The van der Waals surface area contributed by atoms with Crippen LogP contribution in [0.4, 0.5) is 5.69 Å². The molecule has 5 heteroatoms. The number of benzene rings is 2. The van der Waals surface area contributed by atoms with Crippen molar-refractivity contribution in [3.8, 4) is 0 Å². The Labute approximate surface area is 165 Å². The van der Waals surface area contributed by atoms with Crippen LogP contribution in [0.3, 0.4) is 0 Å². The van der Waals surface area contributed by atoms with Crippen LogP contribution in [0.25, 0.3) is 0 Å². The summed E-state index contributed by atoms with van der Waals surface area (Å²) < 4.78 is 5.33. The van der Waals surface area contributed by atoms with E-state index in [1.807, 2.05) is 62.4 Å². The van der Waals surface area contributed by atoms with Crippen LogP contribution < -0.4 is 10.2 Å². The van der Waals surface area contributed by atoms with Crippen molar-refractivity contribution in [2.75, 3.05) is 11.4 Å². The number of nitrogens with zero attached hydrogens (tertiary/aromatic N) is 1. The first kappa shape index (κ1) is 19.4. The molecule has 0 fully saturated rings. The predicted octanol–water partition coefficient (Wildman–Crippen LogP) is 4.11. The third-order valence-corrected chi connectivity index (χ3v) is 4.40. The van der Waals surface area contributed by atoms with Gasteiger partial charge in [-0.15, -0.1) is 0 Å². The summed E-state index contributed by atoms with van der Waals surface area (Å²) in [6.07, 6.45) is 1.76. The lowest BCUT2D eigenvalue weighted by molar-refractivity contribution is -0.120. The maximum Gasteiger partial charge on any atom is 0.294 e. The fourth-order valence-electron chi connectivity index (χ4n) is 2.97. The minimum absolute atomic E-state index is 0.0397. The summed E-state index contributed by atoms with van der Waals surface area (Å²) in [7, 11) is 0. The zero-order chi connectivity index (χ0) is 19.9. The molecule has 1 aromatic heterocycles. The van der Waals surface area contributed by atoms with Crippen molar-refractivity contribution in [2.45, 2.75) is 26.8 Å². The van der Waals surface area contributed by atoms with E-state index in [0.29, 0.717) is 13.1 Å². The van der Waals surface area contributed by atoms with Gasteiger partial charge < -0.3 is 14.6 Å². The molecule has 0 radical (unpaired) electrons. The molecule has 144 valence electrons. The van der Waals surface area contributed by atoms with E-state index in [-0.39, 0.29) is 24.0 Å². The molecule has 28 heavy (non-hydrogen) atoms. The Hall–Kier alpha value is -3.34. The summed E-state index contributed by atoms with van der Waals surface area (Å²) in [5.74, 6) is 0.0177. The molecule has 0 aliphatic rings. The molecule has 0 spiro atoms. The van der Waals surface area contributed by atoms with E-state index >= 15 is 0 Å². The standard InChI is InChI=1S/C23H24N2O3/c1-3-24-22(26)15-19-6-4-7-20(14-19)25(23(27)21-8-5-13-28-21)16-18-11-9-17(2)10-12-18/h4-14H,3,15-16H2,1-2H3,(H,24,26). The summed E-state index contributed by atoms with van der Waals surface area (Å²) in [5.41, 5.74) is 3.75. The summed E-state index contributed by atoms with van der Waals surface area (Å²) in [4.78, 5) is 26.7. The molecule has 0 bridgehead atoms. The van der Waals surface area contributed by atoms with Gasteiger partial charge in [0.1, 0.15) is 0 Å². The number of anilines is 1. The summed E-state index contributed by atoms with van der Waals surface area (Å²) in [5, 5.41) is 2.80. The second kappa shape index (κ2) is 9.04. The molecule has 2 aromatic carbocycles. The van der Waals surface area contributed by atoms with Crippen molar-refractivity contribution >= 4 is 17.5 Å². The summed E-state index contributed by atoms with van der Waals surface area (Å²) >= 11 is 0. The first-order chi connectivity index (χ1) is 13.6. The highest BCUT2D eigenvalue weighted by Crippen LogP contribution is 2.22. The molecular weight excluding hydrogens is 352 g/mol. The van der Waals surface area contributed by atoms with Gasteiger partial charge in [0.05, 0.1) is 19.2 Å². The summed E-state index contributed by atoms with van der Waals surface area (Å²) in [6, 6.07) is 18.9. The number of hydrogen-bond acceptors (Lipinski definition) is 3. The van der Waals surface area contributed by atoms with Crippen LogP contribution >= 0.6 is 0 Å². The van der Waals surface area contributed by atoms with Gasteiger partial charge in [-0.25, -0.2) is 0 Å². The highest BCUT2D eigenvalue weighted by Gasteiger charge is 2.21. The molecule has 0 aliphatic carbocycles.